The Labute approximate surface area is 106 Å². The molecule has 1 aromatic carbocycles. The maximum atomic E-state index is 10.6. The van der Waals surface area contributed by atoms with E-state index in [0.29, 0.717) is 6.54 Å². The van der Waals surface area contributed by atoms with Crippen LogP contribution >= 0.6 is 0 Å². The highest BCUT2D eigenvalue weighted by Crippen LogP contribution is 2.25. The number of carboxylic acids is 1. The van der Waals surface area contributed by atoms with Crippen LogP contribution in [0.4, 0.5) is 0 Å². The Morgan fingerprint density at radius 1 is 1.56 bits per heavy atom. The number of benzene rings is 1. The normalized spacial score (nSPS) is 15.6. The first-order valence-corrected chi connectivity index (χ1v) is 6.10. The van der Waals surface area contributed by atoms with Crippen LogP contribution in [0.25, 0.3) is 0 Å². The molecule has 1 aromatic rings. The molecule has 0 saturated heterocycles. The van der Waals surface area contributed by atoms with Gasteiger partial charge >= 0.3 is 5.97 Å². The number of aryl methyl sites for hydroxylation is 1. The molecule has 0 fully saturated rings. The van der Waals surface area contributed by atoms with Gasteiger partial charge in [0.1, 0.15) is 11.8 Å². The molecule has 0 spiro atoms. The molecule has 5 nitrogen and oxygen atoms in total. The average Bonchev–Trinajstić information content (AvgIpc) is 2.38. The van der Waals surface area contributed by atoms with Gasteiger partial charge in [0, 0.05) is 13.1 Å². The molecule has 18 heavy (non-hydrogen) atoms. The lowest BCUT2D eigenvalue weighted by atomic mass is 10.0. The van der Waals surface area contributed by atoms with E-state index in [1.54, 1.807) is 0 Å². The van der Waals surface area contributed by atoms with Gasteiger partial charge in [-0.1, -0.05) is 12.1 Å². The second-order valence-electron chi connectivity index (χ2n) is 4.47. The highest BCUT2D eigenvalue weighted by Gasteiger charge is 2.12. The smallest absolute Gasteiger partial charge is 0.321 e. The van der Waals surface area contributed by atoms with E-state index in [9.17, 15) is 4.79 Å². The third-order valence-corrected chi connectivity index (χ3v) is 2.98. The summed E-state index contributed by atoms with van der Waals surface area (Å²) < 4.78 is 5.53. The van der Waals surface area contributed by atoms with Gasteiger partial charge in [-0.3, -0.25) is 4.79 Å². The number of fused-ring (bicyclic) bond motifs is 1. The minimum atomic E-state index is -0.985. The summed E-state index contributed by atoms with van der Waals surface area (Å²) in [5.41, 5.74) is 7.76. The van der Waals surface area contributed by atoms with Gasteiger partial charge in [0.05, 0.1) is 6.61 Å². The summed E-state index contributed by atoms with van der Waals surface area (Å²) in [4.78, 5) is 10.6. The van der Waals surface area contributed by atoms with Crippen molar-refractivity contribution in [2.45, 2.75) is 25.4 Å². The Hall–Kier alpha value is -1.59. The Balaban J connectivity index is 1.88. The van der Waals surface area contributed by atoms with E-state index in [0.717, 1.165) is 30.8 Å². The molecule has 2 rings (SSSR count). The van der Waals surface area contributed by atoms with Crippen molar-refractivity contribution in [3.8, 4) is 5.75 Å². The molecule has 0 radical (unpaired) electrons. The number of rotatable bonds is 5. The zero-order valence-electron chi connectivity index (χ0n) is 10.2. The highest BCUT2D eigenvalue weighted by atomic mass is 16.5. The monoisotopic (exact) mass is 250 g/mol. The van der Waals surface area contributed by atoms with E-state index in [1.807, 2.05) is 12.1 Å². The quantitative estimate of drug-likeness (QED) is 0.709. The highest BCUT2D eigenvalue weighted by molar-refractivity contribution is 5.73. The van der Waals surface area contributed by atoms with Crippen LogP contribution in [0.5, 0.6) is 5.75 Å². The Morgan fingerprint density at radius 3 is 3.17 bits per heavy atom. The lowest BCUT2D eigenvalue weighted by Gasteiger charge is -2.18. The first-order valence-electron chi connectivity index (χ1n) is 6.10. The number of hydrogen-bond acceptors (Lipinski definition) is 4. The molecule has 1 aliphatic heterocycles. The van der Waals surface area contributed by atoms with Crippen LogP contribution in [0.15, 0.2) is 18.2 Å². The minimum Gasteiger partial charge on any atom is -0.493 e. The lowest BCUT2D eigenvalue weighted by Crippen LogP contribution is -2.40. The molecule has 4 N–H and O–H groups in total. The number of nitrogens with one attached hydrogen (secondary N) is 1. The molecular weight excluding hydrogens is 232 g/mol. The number of carboxylic acid groups (broad SMARTS) is 1. The molecule has 0 aliphatic carbocycles. The topological polar surface area (TPSA) is 84.6 Å². The predicted molar refractivity (Wildman–Crippen MR) is 67.6 cm³/mol. The van der Waals surface area contributed by atoms with E-state index < -0.39 is 12.0 Å². The summed E-state index contributed by atoms with van der Waals surface area (Å²) in [5, 5.41) is 11.7. The fourth-order valence-corrected chi connectivity index (χ4v) is 1.98. The molecule has 0 amide bonds. The number of nitrogens with two attached hydrogens (primary N) is 1. The van der Waals surface area contributed by atoms with Crippen molar-refractivity contribution in [1.29, 1.82) is 0 Å². The van der Waals surface area contributed by atoms with Gasteiger partial charge in [-0.2, -0.15) is 0 Å². The molecule has 1 aliphatic rings. The Bertz CT molecular complexity index is 434. The van der Waals surface area contributed by atoms with Crippen molar-refractivity contribution in [2.24, 2.45) is 5.73 Å². The van der Waals surface area contributed by atoms with Crippen LogP contribution < -0.4 is 15.8 Å². The van der Waals surface area contributed by atoms with E-state index in [2.05, 4.69) is 11.4 Å². The van der Waals surface area contributed by atoms with Crippen LogP contribution in [-0.2, 0) is 17.8 Å². The van der Waals surface area contributed by atoms with E-state index in [4.69, 9.17) is 15.6 Å². The SMILES string of the molecule is NC(CNCc1ccc2c(c1)CCCO2)C(=O)O. The van der Waals surface area contributed by atoms with Gasteiger partial charge in [0.2, 0.25) is 0 Å². The summed E-state index contributed by atoms with van der Waals surface area (Å²) in [6, 6.07) is 5.21. The first kappa shape index (κ1) is 12.9. The third-order valence-electron chi connectivity index (χ3n) is 2.98. The summed E-state index contributed by atoms with van der Waals surface area (Å²) in [6.45, 7) is 1.68. The molecule has 0 saturated carbocycles. The zero-order valence-corrected chi connectivity index (χ0v) is 10.2. The van der Waals surface area contributed by atoms with Crippen molar-refractivity contribution in [1.82, 2.24) is 5.32 Å². The summed E-state index contributed by atoms with van der Waals surface area (Å²) >= 11 is 0. The molecule has 0 aromatic heterocycles. The number of carbonyl (C=O) groups is 1. The molecule has 1 heterocycles. The fraction of sp³-hybridized carbons (Fsp3) is 0.462. The standard InChI is InChI=1S/C13H18N2O3/c14-11(13(16)17)8-15-7-9-3-4-12-10(6-9)2-1-5-18-12/h3-4,6,11,15H,1-2,5,7-8,14H2,(H,16,17). The third kappa shape index (κ3) is 3.21. The van der Waals surface area contributed by atoms with Crippen LogP contribution in [0.3, 0.4) is 0 Å². The number of hydrogen-bond donors (Lipinski definition) is 3. The molecule has 0 bridgehead atoms. The van der Waals surface area contributed by atoms with Gasteiger partial charge < -0.3 is 20.9 Å². The molecule has 1 atom stereocenters. The summed E-state index contributed by atoms with van der Waals surface area (Å²) in [7, 11) is 0. The van der Waals surface area contributed by atoms with Gasteiger partial charge in [-0.05, 0) is 30.0 Å². The number of ether oxygens (including phenoxy) is 1. The second-order valence-corrected chi connectivity index (χ2v) is 4.47. The Kier molecular flexibility index (Phi) is 4.17. The van der Waals surface area contributed by atoms with Gasteiger partial charge in [0.25, 0.3) is 0 Å². The molecular formula is C13H18N2O3. The predicted octanol–water partition coefficient (Wildman–Crippen LogP) is 0.513. The molecule has 1 unspecified atom stereocenters. The number of aliphatic carboxylic acids is 1. The minimum absolute atomic E-state index is 0.267. The maximum Gasteiger partial charge on any atom is 0.321 e. The van der Waals surface area contributed by atoms with Crippen molar-refractivity contribution in [2.75, 3.05) is 13.2 Å². The molecule has 5 heteroatoms. The average molecular weight is 250 g/mol. The van der Waals surface area contributed by atoms with Crippen molar-refractivity contribution >= 4 is 5.97 Å². The maximum absolute atomic E-state index is 10.6. The van der Waals surface area contributed by atoms with Gasteiger partial charge in [-0.15, -0.1) is 0 Å². The van der Waals surface area contributed by atoms with Crippen molar-refractivity contribution in [3.63, 3.8) is 0 Å². The first-order chi connectivity index (χ1) is 8.66. The van der Waals surface area contributed by atoms with E-state index in [-0.39, 0.29) is 6.54 Å². The van der Waals surface area contributed by atoms with Gasteiger partial charge in [0.15, 0.2) is 0 Å². The van der Waals surface area contributed by atoms with Crippen LogP contribution in [0.2, 0.25) is 0 Å². The largest absolute Gasteiger partial charge is 0.493 e. The van der Waals surface area contributed by atoms with E-state index >= 15 is 0 Å². The van der Waals surface area contributed by atoms with Crippen LogP contribution in [0.1, 0.15) is 17.5 Å². The molecule has 98 valence electrons. The summed E-state index contributed by atoms with van der Waals surface area (Å²) in [5.74, 6) is -0.0198. The van der Waals surface area contributed by atoms with Crippen molar-refractivity contribution in [3.05, 3.63) is 29.3 Å². The Morgan fingerprint density at radius 2 is 2.39 bits per heavy atom. The van der Waals surface area contributed by atoms with Gasteiger partial charge in [-0.25, -0.2) is 0 Å². The van der Waals surface area contributed by atoms with Crippen LogP contribution in [0, 0.1) is 0 Å². The van der Waals surface area contributed by atoms with Crippen LogP contribution in [-0.4, -0.2) is 30.3 Å². The lowest BCUT2D eigenvalue weighted by molar-refractivity contribution is -0.138. The fourth-order valence-electron chi connectivity index (χ4n) is 1.98. The van der Waals surface area contributed by atoms with E-state index in [1.165, 1.54) is 5.56 Å². The zero-order chi connectivity index (χ0) is 13.0. The summed E-state index contributed by atoms with van der Waals surface area (Å²) in [6.07, 6.45) is 2.09. The second kappa shape index (κ2) is 5.84. The van der Waals surface area contributed by atoms with Crippen molar-refractivity contribution < 1.29 is 14.6 Å².